The van der Waals surface area contributed by atoms with E-state index in [9.17, 15) is 4.79 Å². The fraction of sp³-hybridized carbons (Fsp3) is 0.222. The van der Waals surface area contributed by atoms with Gasteiger partial charge in [0.15, 0.2) is 0 Å². The number of aromatic nitrogens is 2. The number of carbonyl (C=O) groups is 1. The summed E-state index contributed by atoms with van der Waals surface area (Å²) < 4.78 is 6.35. The largest absolute Gasteiger partial charge is 0.497 e. The molecule has 0 saturated carbocycles. The number of methoxy groups -OCH3 is 1. The SMILES string of the molecule is COc1cccc(N2CCc3c(-c4ccn[nH]4)sc(SC)c3C2=O)c1. The number of thiophene rings is 1. The van der Waals surface area contributed by atoms with Crippen LogP contribution in [0.3, 0.4) is 0 Å². The first-order valence-electron chi connectivity index (χ1n) is 7.88. The second-order valence-corrected chi connectivity index (χ2v) is 7.75. The number of hydrogen-bond acceptors (Lipinski definition) is 5. The zero-order valence-electron chi connectivity index (χ0n) is 13.9. The predicted octanol–water partition coefficient (Wildman–Crippen LogP) is 4.07. The zero-order valence-corrected chi connectivity index (χ0v) is 15.5. The maximum Gasteiger partial charge on any atom is 0.260 e. The Morgan fingerprint density at radius 2 is 2.24 bits per heavy atom. The van der Waals surface area contributed by atoms with Gasteiger partial charge in [0.25, 0.3) is 5.91 Å². The Labute approximate surface area is 154 Å². The first-order chi connectivity index (χ1) is 12.2. The van der Waals surface area contributed by atoms with E-state index in [4.69, 9.17) is 4.74 Å². The summed E-state index contributed by atoms with van der Waals surface area (Å²) in [5, 5.41) is 7.07. The van der Waals surface area contributed by atoms with Crippen molar-refractivity contribution in [3.63, 3.8) is 0 Å². The van der Waals surface area contributed by atoms with Crippen molar-refractivity contribution in [2.45, 2.75) is 10.6 Å². The van der Waals surface area contributed by atoms with Crippen LogP contribution in [-0.4, -0.2) is 36.0 Å². The Morgan fingerprint density at radius 1 is 1.36 bits per heavy atom. The topological polar surface area (TPSA) is 58.2 Å². The molecule has 0 radical (unpaired) electrons. The lowest BCUT2D eigenvalue weighted by Crippen LogP contribution is -2.37. The summed E-state index contributed by atoms with van der Waals surface area (Å²) in [6.07, 6.45) is 4.58. The number of aromatic amines is 1. The normalized spacial score (nSPS) is 13.8. The molecular weight excluding hydrogens is 354 g/mol. The number of nitrogens with zero attached hydrogens (tertiary/aromatic N) is 2. The lowest BCUT2D eigenvalue weighted by Gasteiger charge is -2.28. The number of fused-ring (bicyclic) bond motifs is 1. The molecule has 25 heavy (non-hydrogen) atoms. The third-order valence-electron chi connectivity index (χ3n) is 4.31. The monoisotopic (exact) mass is 371 g/mol. The number of H-pyrrole nitrogens is 1. The molecule has 5 nitrogen and oxygen atoms in total. The molecule has 0 unspecified atom stereocenters. The molecular formula is C18H17N3O2S2. The molecule has 0 spiro atoms. The molecule has 0 bridgehead atoms. The minimum Gasteiger partial charge on any atom is -0.497 e. The number of rotatable bonds is 4. The number of hydrogen-bond donors (Lipinski definition) is 1. The highest BCUT2D eigenvalue weighted by atomic mass is 32.2. The molecule has 3 aromatic rings. The number of anilines is 1. The van der Waals surface area contributed by atoms with Crippen LogP contribution in [0, 0.1) is 0 Å². The maximum absolute atomic E-state index is 13.2. The molecule has 0 saturated heterocycles. The van der Waals surface area contributed by atoms with E-state index in [-0.39, 0.29) is 5.91 Å². The van der Waals surface area contributed by atoms with Crippen molar-refractivity contribution >= 4 is 34.7 Å². The second kappa shape index (κ2) is 6.57. The molecule has 1 aliphatic rings. The second-order valence-electron chi connectivity index (χ2n) is 5.65. The van der Waals surface area contributed by atoms with Crippen LogP contribution < -0.4 is 9.64 Å². The molecule has 1 amide bonds. The Kier molecular flexibility index (Phi) is 4.27. The summed E-state index contributed by atoms with van der Waals surface area (Å²) in [6.45, 7) is 0.657. The van der Waals surface area contributed by atoms with E-state index in [2.05, 4.69) is 10.2 Å². The number of amides is 1. The van der Waals surface area contributed by atoms with Crippen LogP contribution in [0.4, 0.5) is 5.69 Å². The molecule has 0 atom stereocenters. The van der Waals surface area contributed by atoms with Crippen LogP contribution in [0.2, 0.25) is 0 Å². The van der Waals surface area contributed by atoms with Crippen LogP contribution in [0.1, 0.15) is 15.9 Å². The van der Waals surface area contributed by atoms with Crippen molar-refractivity contribution in [3.05, 3.63) is 47.7 Å². The molecule has 7 heteroatoms. The number of nitrogens with one attached hydrogen (secondary N) is 1. The molecule has 4 rings (SSSR count). The molecule has 2 aromatic heterocycles. The average molecular weight is 371 g/mol. The smallest absolute Gasteiger partial charge is 0.260 e. The fourth-order valence-corrected chi connectivity index (χ4v) is 5.17. The van der Waals surface area contributed by atoms with Crippen molar-refractivity contribution < 1.29 is 9.53 Å². The van der Waals surface area contributed by atoms with E-state index in [1.54, 1.807) is 36.4 Å². The Morgan fingerprint density at radius 3 is 2.96 bits per heavy atom. The number of carbonyl (C=O) groups excluding carboxylic acids is 1. The lowest BCUT2D eigenvalue weighted by atomic mass is 10.00. The van der Waals surface area contributed by atoms with Gasteiger partial charge < -0.3 is 9.64 Å². The van der Waals surface area contributed by atoms with Crippen LogP contribution in [0.5, 0.6) is 5.75 Å². The maximum atomic E-state index is 13.2. The van der Waals surface area contributed by atoms with Crippen LogP contribution >= 0.6 is 23.1 Å². The van der Waals surface area contributed by atoms with E-state index >= 15 is 0 Å². The van der Waals surface area contributed by atoms with Crippen molar-refractivity contribution in [1.82, 2.24) is 10.2 Å². The minimum atomic E-state index is 0.0564. The molecule has 0 fully saturated rings. The van der Waals surface area contributed by atoms with Crippen molar-refractivity contribution in [2.24, 2.45) is 0 Å². The van der Waals surface area contributed by atoms with Gasteiger partial charge >= 0.3 is 0 Å². The van der Waals surface area contributed by atoms with Crippen molar-refractivity contribution in [1.29, 1.82) is 0 Å². The Bertz CT molecular complexity index is 919. The van der Waals surface area contributed by atoms with Crippen LogP contribution in [0.25, 0.3) is 10.6 Å². The van der Waals surface area contributed by atoms with Gasteiger partial charge in [-0.25, -0.2) is 0 Å². The van der Waals surface area contributed by atoms with E-state index < -0.39 is 0 Å². The van der Waals surface area contributed by atoms with Crippen LogP contribution in [-0.2, 0) is 6.42 Å². The third kappa shape index (κ3) is 2.73. The van der Waals surface area contributed by atoms with Gasteiger partial charge in [-0.05, 0) is 36.4 Å². The summed E-state index contributed by atoms with van der Waals surface area (Å²) >= 11 is 3.28. The first-order valence-corrected chi connectivity index (χ1v) is 9.92. The standard InChI is InChI=1S/C18H17N3O2S2/c1-23-12-5-3-4-11(10-12)21-9-7-13-15(17(21)22)18(24-2)25-16(13)14-6-8-19-20-14/h3-6,8,10H,7,9H2,1-2H3,(H,19,20). The summed E-state index contributed by atoms with van der Waals surface area (Å²) in [7, 11) is 1.64. The van der Waals surface area contributed by atoms with Gasteiger partial charge in [-0.15, -0.1) is 23.1 Å². The van der Waals surface area contributed by atoms with E-state index in [0.29, 0.717) is 6.54 Å². The predicted molar refractivity (Wildman–Crippen MR) is 102 cm³/mol. The van der Waals surface area contributed by atoms with Gasteiger partial charge in [-0.1, -0.05) is 6.07 Å². The zero-order chi connectivity index (χ0) is 17.4. The first kappa shape index (κ1) is 16.2. The van der Waals surface area contributed by atoms with Crippen molar-refractivity contribution in [3.8, 4) is 16.3 Å². The minimum absolute atomic E-state index is 0.0564. The fourth-order valence-electron chi connectivity index (χ4n) is 3.13. The van der Waals surface area contributed by atoms with Gasteiger partial charge in [-0.2, -0.15) is 5.10 Å². The summed E-state index contributed by atoms with van der Waals surface area (Å²) in [4.78, 5) is 16.2. The molecule has 1 aromatic carbocycles. The lowest BCUT2D eigenvalue weighted by molar-refractivity contribution is 0.0978. The third-order valence-corrected chi connectivity index (χ3v) is 6.70. The van der Waals surface area contributed by atoms with E-state index in [1.165, 1.54) is 0 Å². The summed E-state index contributed by atoms with van der Waals surface area (Å²) in [5.74, 6) is 0.811. The molecule has 0 aliphatic carbocycles. The highest BCUT2D eigenvalue weighted by Gasteiger charge is 2.32. The molecule has 1 N–H and O–H groups in total. The van der Waals surface area contributed by atoms with Gasteiger partial charge in [0.1, 0.15) is 5.75 Å². The molecule has 128 valence electrons. The van der Waals surface area contributed by atoms with Crippen molar-refractivity contribution in [2.75, 3.05) is 24.8 Å². The average Bonchev–Trinajstić information content (AvgIpc) is 3.29. The van der Waals surface area contributed by atoms with E-state index in [0.717, 1.165) is 43.8 Å². The van der Waals surface area contributed by atoms with Gasteiger partial charge in [0.05, 0.1) is 27.5 Å². The molecule has 1 aliphatic heterocycles. The van der Waals surface area contributed by atoms with Gasteiger partial charge in [0, 0.05) is 24.5 Å². The van der Waals surface area contributed by atoms with Gasteiger partial charge in [-0.3, -0.25) is 9.89 Å². The number of benzene rings is 1. The van der Waals surface area contributed by atoms with Crippen LogP contribution in [0.15, 0.2) is 40.7 Å². The summed E-state index contributed by atoms with van der Waals surface area (Å²) in [5.41, 5.74) is 3.81. The Hall–Kier alpha value is -2.25. The Balaban J connectivity index is 1.78. The van der Waals surface area contributed by atoms with E-state index in [1.807, 2.05) is 41.5 Å². The molecule has 3 heterocycles. The summed E-state index contributed by atoms with van der Waals surface area (Å²) in [6, 6.07) is 9.61. The number of ether oxygens (including phenoxy) is 1. The van der Waals surface area contributed by atoms with Gasteiger partial charge in [0.2, 0.25) is 0 Å². The number of thioether (sulfide) groups is 1. The highest BCUT2D eigenvalue weighted by molar-refractivity contribution is 8.00. The highest BCUT2D eigenvalue weighted by Crippen LogP contribution is 2.43. The quantitative estimate of drug-likeness (QED) is 0.702.